The summed E-state index contributed by atoms with van der Waals surface area (Å²) >= 11 is 11.8. The fourth-order valence-corrected chi connectivity index (χ4v) is 2.25. The number of carboxylic acids is 1. The lowest BCUT2D eigenvalue weighted by atomic mass is 10.1. The van der Waals surface area contributed by atoms with Crippen LogP contribution in [0, 0.1) is 0 Å². The summed E-state index contributed by atoms with van der Waals surface area (Å²) in [6.45, 7) is 0. The first-order chi connectivity index (χ1) is 10.5. The molecule has 0 aliphatic carbocycles. The van der Waals surface area contributed by atoms with Crippen molar-refractivity contribution in [3.05, 3.63) is 58.1 Å². The largest absolute Gasteiger partial charge is 0.493 e. The van der Waals surface area contributed by atoms with Crippen molar-refractivity contribution in [3.8, 4) is 11.5 Å². The molecule has 22 heavy (non-hydrogen) atoms. The summed E-state index contributed by atoms with van der Waals surface area (Å²) in [5.41, 5.74) is 0.719. The van der Waals surface area contributed by atoms with Crippen LogP contribution in [0.2, 0.25) is 10.0 Å². The molecule has 2 aromatic rings. The maximum absolute atomic E-state index is 11.4. The molecule has 2 rings (SSSR count). The predicted octanol–water partition coefficient (Wildman–Crippen LogP) is 4.08. The van der Waals surface area contributed by atoms with E-state index in [4.69, 9.17) is 32.7 Å². The van der Waals surface area contributed by atoms with E-state index in [9.17, 15) is 9.90 Å². The molecule has 4 nitrogen and oxygen atoms in total. The van der Waals surface area contributed by atoms with Crippen LogP contribution in [0.25, 0.3) is 0 Å². The molecular formula is C16H14Cl2O4. The lowest BCUT2D eigenvalue weighted by Gasteiger charge is -2.17. The molecule has 0 aromatic heterocycles. The number of benzene rings is 2. The topological polar surface area (TPSA) is 55.8 Å². The summed E-state index contributed by atoms with van der Waals surface area (Å²) in [7, 11) is 1.50. The Morgan fingerprint density at radius 2 is 1.82 bits per heavy atom. The van der Waals surface area contributed by atoms with E-state index < -0.39 is 12.1 Å². The molecule has 116 valence electrons. The molecule has 0 saturated heterocycles. The molecule has 0 spiro atoms. The number of carbonyl (C=O) groups is 1. The molecule has 0 fully saturated rings. The van der Waals surface area contributed by atoms with E-state index in [0.29, 0.717) is 21.5 Å². The summed E-state index contributed by atoms with van der Waals surface area (Å²) < 4.78 is 10.7. The molecule has 1 N–H and O–H groups in total. The van der Waals surface area contributed by atoms with Crippen LogP contribution >= 0.6 is 23.2 Å². The van der Waals surface area contributed by atoms with Crippen molar-refractivity contribution in [2.45, 2.75) is 12.5 Å². The highest BCUT2D eigenvalue weighted by molar-refractivity contribution is 6.42. The van der Waals surface area contributed by atoms with E-state index >= 15 is 0 Å². The average molecular weight is 341 g/mol. The maximum Gasteiger partial charge on any atom is 0.345 e. The van der Waals surface area contributed by atoms with Gasteiger partial charge in [0.15, 0.2) is 17.6 Å². The third-order valence-electron chi connectivity index (χ3n) is 3.02. The van der Waals surface area contributed by atoms with Gasteiger partial charge >= 0.3 is 5.97 Å². The monoisotopic (exact) mass is 340 g/mol. The molecule has 0 bridgehead atoms. The summed E-state index contributed by atoms with van der Waals surface area (Å²) in [6.07, 6.45) is -0.905. The van der Waals surface area contributed by atoms with Gasteiger partial charge in [-0.1, -0.05) is 41.4 Å². The van der Waals surface area contributed by atoms with Crippen molar-refractivity contribution in [1.29, 1.82) is 0 Å². The van der Waals surface area contributed by atoms with E-state index in [1.54, 1.807) is 42.5 Å². The van der Waals surface area contributed by atoms with Crippen molar-refractivity contribution in [2.24, 2.45) is 0 Å². The van der Waals surface area contributed by atoms with Crippen LogP contribution in [-0.4, -0.2) is 24.3 Å². The molecular weight excluding hydrogens is 327 g/mol. The van der Waals surface area contributed by atoms with E-state index in [0.717, 1.165) is 5.56 Å². The van der Waals surface area contributed by atoms with E-state index in [1.165, 1.54) is 7.11 Å². The molecule has 0 amide bonds. The van der Waals surface area contributed by atoms with Gasteiger partial charge in [-0.15, -0.1) is 0 Å². The van der Waals surface area contributed by atoms with E-state index in [-0.39, 0.29) is 6.42 Å². The smallest absolute Gasteiger partial charge is 0.345 e. The number of aliphatic carboxylic acids is 1. The highest BCUT2D eigenvalue weighted by Crippen LogP contribution is 2.28. The zero-order valence-electron chi connectivity index (χ0n) is 11.8. The first-order valence-electron chi connectivity index (χ1n) is 6.47. The standard InChI is InChI=1S/C16H14Cl2O4/c1-21-13-4-2-3-5-14(13)22-15(16(19)20)9-10-6-7-11(17)12(18)8-10/h2-8,15H,9H2,1H3,(H,19,20)/t15-/m0/s1. The van der Waals surface area contributed by atoms with Crippen LogP contribution in [0.5, 0.6) is 11.5 Å². The first kappa shape index (κ1) is 16.5. The Labute approximate surface area is 138 Å². The maximum atomic E-state index is 11.4. The van der Waals surface area contributed by atoms with E-state index in [1.807, 2.05) is 0 Å². The van der Waals surface area contributed by atoms with Crippen LogP contribution in [0.4, 0.5) is 0 Å². The van der Waals surface area contributed by atoms with Gasteiger partial charge in [-0.2, -0.15) is 0 Å². The minimum atomic E-state index is -1.07. The number of para-hydroxylation sites is 2. The van der Waals surface area contributed by atoms with Crippen LogP contribution in [0.15, 0.2) is 42.5 Å². The fraction of sp³-hybridized carbons (Fsp3) is 0.188. The van der Waals surface area contributed by atoms with Gasteiger partial charge in [0.25, 0.3) is 0 Å². The van der Waals surface area contributed by atoms with Gasteiger partial charge in [0.05, 0.1) is 17.2 Å². The Kier molecular flexibility index (Phi) is 5.52. The number of rotatable bonds is 6. The number of ether oxygens (including phenoxy) is 2. The molecule has 0 unspecified atom stereocenters. The Bertz CT molecular complexity index is 673. The Morgan fingerprint density at radius 1 is 1.14 bits per heavy atom. The predicted molar refractivity (Wildman–Crippen MR) is 85.2 cm³/mol. The van der Waals surface area contributed by atoms with Crippen LogP contribution in [-0.2, 0) is 11.2 Å². The van der Waals surface area contributed by atoms with Crippen molar-refractivity contribution >= 4 is 29.2 Å². The molecule has 0 aliphatic heterocycles. The third-order valence-corrected chi connectivity index (χ3v) is 3.76. The SMILES string of the molecule is COc1ccccc1O[C@@H](Cc1ccc(Cl)c(Cl)c1)C(=O)O. The number of hydrogen-bond acceptors (Lipinski definition) is 3. The summed E-state index contributed by atoms with van der Waals surface area (Å²) in [4.78, 5) is 11.4. The van der Waals surface area contributed by atoms with Gasteiger partial charge in [0.2, 0.25) is 0 Å². The minimum Gasteiger partial charge on any atom is -0.493 e. The van der Waals surface area contributed by atoms with Gasteiger partial charge in [-0.3, -0.25) is 0 Å². The quantitative estimate of drug-likeness (QED) is 0.860. The Balaban J connectivity index is 2.20. The normalized spacial score (nSPS) is 11.8. The number of halogens is 2. The number of carboxylic acid groups (broad SMARTS) is 1. The highest BCUT2D eigenvalue weighted by atomic mass is 35.5. The van der Waals surface area contributed by atoms with Crippen molar-refractivity contribution < 1.29 is 19.4 Å². The summed E-state index contributed by atoms with van der Waals surface area (Å²) in [5.74, 6) is -0.225. The Morgan fingerprint density at radius 3 is 2.41 bits per heavy atom. The third kappa shape index (κ3) is 4.06. The lowest BCUT2D eigenvalue weighted by Crippen LogP contribution is -2.29. The lowest BCUT2D eigenvalue weighted by molar-refractivity contribution is -0.145. The van der Waals surface area contributed by atoms with Gasteiger partial charge in [0.1, 0.15) is 0 Å². The average Bonchev–Trinajstić information content (AvgIpc) is 2.50. The zero-order chi connectivity index (χ0) is 16.1. The second-order valence-electron chi connectivity index (χ2n) is 4.55. The van der Waals surface area contributed by atoms with Crippen molar-refractivity contribution in [3.63, 3.8) is 0 Å². The fourth-order valence-electron chi connectivity index (χ4n) is 1.93. The summed E-state index contributed by atoms with van der Waals surface area (Å²) in [6, 6.07) is 11.9. The molecule has 1 atom stereocenters. The number of methoxy groups -OCH3 is 1. The molecule has 2 aromatic carbocycles. The van der Waals surface area contributed by atoms with Crippen LogP contribution < -0.4 is 9.47 Å². The summed E-state index contributed by atoms with van der Waals surface area (Å²) in [5, 5.41) is 10.2. The minimum absolute atomic E-state index is 0.157. The first-order valence-corrected chi connectivity index (χ1v) is 7.23. The van der Waals surface area contributed by atoms with Crippen molar-refractivity contribution in [2.75, 3.05) is 7.11 Å². The Hall–Kier alpha value is -1.91. The second kappa shape index (κ2) is 7.38. The molecule has 0 saturated carbocycles. The molecule has 0 aliphatic rings. The molecule has 0 radical (unpaired) electrons. The van der Waals surface area contributed by atoms with Gasteiger partial charge in [-0.05, 0) is 29.8 Å². The zero-order valence-corrected chi connectivity index (χ0v) is 13.3. The molecule has 0 heterocycles. The second-order valence-corrected chi connectivity index (χ2v) is 5.36. The van der Waals surface area contributed by atoms with E-state index in [2.05, 4.69) is 0 Å². The molecule has 6 heteroatoms. The van der Waals surface area contributed by atoms with Crippen LogP contribution in [0.1, 0.15) is 5.56 Å². The van der Waals surface area contributed by atoms with Crippen molar-refractivity contribution in [1.82, 2.24) is 0 Å². The van der Waals surface area contributed by atoms with Gasteiger partial charge < -0.3 is 14.6 Å². The van der Waals surface area contributed by atoms with Crippen LogP contribution in [0.3, 0.4) is 0 Å². The van der Waals surface area contributed by atoms with Gasteiger partial charge in [-0.25, -0.2) is 4.79 Å². The number of hydrogen-bond donors (Lipinski definition) is 1. The highest BCUT2D eigenvalue weighted by Gasteiger charge is 2.22. The van der Waals surface area contributed by atoms with Gasteiger partial charge in [0, 0.05) is 6.42 Å².